The highest BCUT2D eigenvalue weighted by Gasteiger charge is 2.07. The highest BCUT2D eigenvalue weighted by atomic mass is 16.5. The second-order valence-corrected chi connectivity index (χ2v) is 4.18. The van der Waals surface area contributed by atoms with Crippen molar-refractivity contribution >= 4 is 0 Å². The van der Waals surface area contributed by atoms with Gasteiger partial charge in [0.15, 0.2) is 0 Å². The van der Waals surface area contributed by atoms with Crippen molar-refractivity contribution in [2.45, 2.75) is 19.9 Å². The molecule has 4 nitrogen and oxygen atoms in total. The summed E-state index contributed by atoms with van der Waals surface area (Å²) in [6.07, 6.45) is 3.01. The Morgan fingerprint density at radius 2 is 2.06 bits per heavy atom. The molecule has 2 N–H and O–H groups in total. The monoisotopic (exact) mass is 245 g/mol. The van der Waals surface area contributed by atoms with Crippen molar-refractivity contribution in [1.29, 1.82) is 0 Å². The van der Waals surface area contributed by atoms with Gasteiger partial charge in [-0.2, -0.15) is 5.10 Å². The molecule has 18 heavy (non-hydrogen) atoms. The highest BCUT2D eigenvalue weighted by molar-refractivity contribution is 5.63. The fourth-order valence-corrected chi connectivity index (χ4v) is 1.85. The van der Waals surface area contributed by atoms with E-state index in [1.807, 2.05) is 30.5 Å². The number of hydrogen-bond acceptors (Lipinski definition) is 3. The van der Waals surface area contributed by atoms with E-state index in [0.717, 1.165) is 36.5 Å². The summed E-state index contributed by atoms with van der Waals surface area (Å²) in [7, 11) is 1.67. The molecule has 0 spiro atoms. The summed E-state index contributed by atoms with van der Waals surface area (Å²) in [6.45, 7) is 4.02. The molecule has 2 aromatic rings. The van der Waals surface area contributed by atoms with E-state index >= 15 is 0 Å². The molecule has 0 aliphatic rings. The molecule has 0 saturated carbocycles. The van der Waals surface area contributed by atoms with Crippen LogP contribution in [0.3, 0.4) is 0 Å². The van der Waals surface area contributed by atoms with E-state index in [1.54, 1.807) is 7.11 Å². The third-order valence-corrected chi connectivity index (χ3v) is 2.84. The Kier molecular flexibility index (Phi) is 4.36. The van der Waals surface area contributed by atoms with Gasteiger partial charge in [-0.25, -0.2) is 0 Å². The smallest absolute Gasteiger partial charge is 0.118 e. The van der Waals surface area contributed by atoms with Crippen molar-refractivity contribution in [1.82, 2.24) is 15.5 Å². The number of aromatic amines is 1. The molecule has 1 aromatic heterocycles. The number of nitrogens with one attached hydrogen (secondary N) is 2. The molecule has 0 amide bonds. The fourth-order valence-electron chi connectivity index (χ4n) is 1.85. The van der Waals surface area contributed by atoms with Gasteiger partial charge in [0.2, 0.25) is 0 Å². The zero-order chi connectivity index (χ0) is 12.8. The van der Waals surface area contributed by atoms with E-state index in [1.165, 1.54) is 5.56 Å². The summed E-state index contributed by atoms with van der Waals surface area (Å²) >= 11 is 0. The number of methoxy groups -OCH3 is 1. The van der Waals surface area contributed by atoms with Crippen molar-refractivity contribution in [3.63, 3.8) is 0 Å². The molecular weight excluding hydrogens is 226 g/mol. The maximum atomic E-state index is 5.16. The fraction of sp³-hybridized carbons (Fsp3) is 0.357. The lowest BCUT2D eigenvalue weighted by molar-refractivity contribution is 0.415. The molecule has 1 heterocycles. The highest BCUT2D eigenvalue weighted by Crippen LogP contribution is 2.23. The average Bonchev–Trinajstić information content (AvgIpc) is 2.88. The molecule has 0 unspecified atom stereocenters. The molecule has 0 fully saturated rings. The van der Waals surface area contributed by atoms with Crippen molar-refractivity contribution < 1.29 is 4.74 Å². The lowest BCUT2D eigenvalue weighted by Gasteiger charge is -2.05. The van der Waals surface area contributed by atoms with Crippen LogP contribution in [-0.4, -0.2) is 23.9 Å². The lowest BCUT2D eigenvalue weighted by atomic mass is 10.1. The zero-order valence-corrected chi connectivity index (χ0v) is 10.9. The number of H-pyrrole nitrogens is 1. The molecule has 2 rings (SSSR count). The summed E-state index contributed by atoms with van der Waals surface area (Å²) in [5.74, 6) is 0.865. The standard InChI is InChI=1S/C14H19N3O/c1-3-8-15-9-12-10-16-17-14(12)11-4-6-13(18-2)7-5-11/h4-7,10,15H,3,8-9H2,1-2H3,(H,16,17). The van der Waals surface area contributed by atoms with Gasteiger partial charge in [0, 0.05) is 17.7 Å². The van der Waals surface area contributed by atoms with Crippen LogP contribution in [0, 0.1) is 0 Å². The van der Waals surface area contributed by atoms with Gasteiger partial charge in [0.05, 0.1) is 19.0 Å². The third kappa shape index (κ3) is 2.90. The van der Waals surface area contributed by atoms with Gasteiger partial charge in [-0.1, -0.05) is 6.92 Å². The van der Waals surface area contributed by atoms with E-state index in [9.17, 15) is 0 Å². The molecule has 96 valence electrons. The Morgan fingerprint density at radius 1 is 1.28 bits per heavy atom. The maximum absolute atomic E-state index is 5.16. The first-order chi connectivity index (χ1) is 8.85. The lowest BCUT2D eigenvalue weighted by Crippen LogP contribution is -2.13. The van der Waals surface area contributed by atoms with Crippen molar-refractivity contribution in [2.24, 2.45) is 0 Å². The predicted molar refractivity (Wildman–Crippen MR) is 72.6 cm³/mol. The van der Waals surface area contributed by atoms with Crippen LogP contribution in [0.1, 0.15) is 18.9 Å². The number of ether oxygens (including phenoxy) is 1. The number of aromatic nitrogens is 2. The summed E-state index contributed by atoms with van der Waals surface area (Å²) in [6, 6.07) is 7.99. The van der Waals surface area contributed by atoms with Crippen LogP contribution in [0.4, 0.5) is 0 Å². The molecule has 1 aromatic carbocycles. The summed E-state index contributed by atoms with van der Waals surface area (Å²) in [5.41, 5.74) is 3.39. The van der Waals surface area contributed by atoms with E-state index in [4.69, 9.17) is 4.74 Å². The molecule has 0 atom stereocenters. The summed E-state index contributed by atoms with van der Waals surface area (Å²) in [4.78, 5) is 0. The Hall–Kier alpha value is -1.81. The second kappa shape index (κ2) is 6.21. The average molecular weight is 245 g/mol. The molecular formula is C14H19N3O. The van der Waals surface area contributed by atoms with Gasteiger partial charge in [0.25, 0.3) is 0 Å². The van der Waals surface area contributed by atoms with Crippen LogP contribution in [0.2, 0.25) is 0 Å². The van der Waals surface area contributed by atoms with Gasteiger partial charge in [0.1, 0.15) is 5.75 Å². The minimum absolute atomic E-state index is 0.839. The minimum atomic E-state index is 0.839. The first-order valence-electron chi connectivity index (χ1n) is 6.22. The van der Waals surface area contributed by atoms with E-state index in [-0.39, 0.29) is 0 Å². The number of nitrogens with zero attached hydrogens (tertiary/aromatic N) is 1. The largest absolute Gasteiger partial charge is 0.497 e. The van der Waals surface area contributed by atoms with Crippen LogP contribution in [0.25, 0.3) is 11.3 Å². The topological polar surface area (TPSA) is 49.9 Å². The summed E-state index contributed by atoms with van der Waals surface area (Å²) < 4.78 is 5.16. The SMILES string of the molecule is CCCNCc1cn[nH]c1-c1ccc(OC)cc1. The van der Waals surface area contributed by atoms with Crippen molar-refractivity contribution in [3.8, 4) is 17.0 Å². The first-order valence-corrected chi connectivity index (χ1v) is 6.22. The van der Waals surface area contributed by atoms with Gasteiger partial charge >= 0.3 is 0 Å². The molecule has 0 aliphatic heterocycles. The quantitative estimate of drug-likeness (QED) is 0.769. The number of rotatable bonds is 6. The Balaban J connectivity index is 2.14. The summed E-state index contributed by atoms with van der Waals surface area (Å²) in [5, 5.41) is 10.6. The Bertz CT molecular complexity index is 476. The van der Waals surface area contributed by atoms with Crippen LogP contribution in [-0.2, 0) is 6.54 Å². The predicted octanol–water partition coefficient (Wildman–Crippen LogP) is 2.58. The van der Waals surface area contributed by atoms with E-state index < -0.39 is 0 Å². The molecule has 0 radical (unpaired) electrons. The number of benzene rings is 1. The van der Waals surface area contributed by atoms with Crippen molar-refractivity contribution in [3.05, 3.63) is 36.0 Å². The van der Waals surface area contributed by atoms with Crippen molar-refractivity contribution in [2.75, 3.05) is 13.7 Å². The van der Waals surface area contributed by atoms with Gasteiger partial charge in [-0.05, 0) is 37.2 Å². The van der Waals surface area contributed by atoms with Gasteiger partial charge in [-0.15, -0.1) is 0 Å². The third-order valence-electron chi connectivity index (χ3n) is 2.84. The first kappa shape index (κ1) is 12.6. The van der Waals surface area contributed by atoms with E-state index in [2.05, 4.69) is 22.4 Å². The Labute approximate surface area is 107 Å². The maximum Gasteiger partial charge on any atom is 0.118 e. The molecule has 0 bridgehead atoms. The van der Waals surface area contributed by atoms with Crippen LogP contribution >= 0.6 is 0 Å². The molecule has 4 heteroatoms. The number of hydrogen-bond donors (Lipinski definition) is 2. The van der Waals surface area contributed by atoms with Crippen LogP contribution in [0.15, 0.2) is 30.5 Å². The molecule has 0 aliphatic carbocycles. The molecule has 0 saturated heterocycles. The Morgan fingerprint density at radius 3 is 2.72 bits per heavy atom. The normalized spacial score (nSPS) is 10.6. The van der Waals surface area contributed by atoms with Gasteiger partial charge < -0.3 is 10.1 Å². The zero-order valence-electron chi connectivity index (χ0n) is 10.9. The minimum Gasteiger partial charge on any atom is -0.497 e. The second-order valence-electron chi connectivity index (χ2n) is 4.18. The van der Waals surface area contributed by atoms with E-state index in [0.29, 0.717) is 0 Å². The van der Waals surface area contributed by atoms with Crippen LogP contribution in [0.5, 0.6) is 5.75 Å². The van der Waals surface area contributed by atoms with Crippen LogP contribution < -0.4 is 10.1 Å². The van der Waals surface area contributed by atoms with Gasteiger partial charge in [-0.3, -0.25) is 5.10 Å².